The van der Waals surface area contributed by atoms with Gasteiger partial charge < -0.3 is 5.32 Å². The van der Waals surface area contributed by atoms with Crippen molar-refractivity contribution in [2.75, 3.05) is 11.4 Å². The highest BCUT2D eigenvalue weighted by Crippen LogP contribution is 2.30. The second-order valence-electron chi connectivity index (χ2n) is 3.75. The van der Waals surface area contributed by atoms with Gasteiger partial charge in [-0.1, -0.05) is 0 Å². The predicted molar refractivity (Wildman–Crippen MR) is 76.8 cm³/mol. The number of anilines is 1. The van der Waals surface area contributed by atoms with E-state index in [9.17, 15) is 9.59 Å². The Balaban J connectivity index is 2.46. The summed E-state index contributed by atoms with van der Waals surface area (Å²) in [6.45, 7) is 1.78. The number of halogens is 2. The number of hydrogen-bond acceptors (Lipinski definition) is 2. The van der Waals surface area contributed by atoms with Crippen LogP contribution in [0, 0.1) is 3.57 Å². The van der Waals surface area contributed by atoms with Crippen molar-refractivity contribution in [2.45, 2.75) is 13.0 Å². The van der Waals surface area contributed by atoms with Gasteiger partial charge in [0.2, 0.25) is 11.8 Å². The van der Waals surface area contributed by atoms with Crippen molar-refractivity contribution in [3.63, 3.8) is 0 Å². The molecule has 90 valence electrons. The van der Waals surface area contributed by atoms with E-state index in [1.165, 1.54) is 4.90 Å². The first-order chi connectivity index (χ1) is 8.00. The molecule has 1 saturated heterocycles. The zero-order chi connectivity index (χ0) is 12.6. The van der Waals surface area contributed by atoms with Gasteiger partial charge in [0.15, 0.2) is 0 Å². The molecular formula is C11H10BrIN2O2. The van der Waals surface area contributed by atoms with Crippen molar-refractivity contribution in [1.29, 1.82) is 0 Å². The van der Waals surface area contributed by atoms with Crippen molar-refractivity contribution >= 4 is 56.0 Å². The maximum Gasteiger partial charge on any atom is 0.247 e. The fourth-order valence-electron chi connectivity index (χ4n) is 1.74. The molecule has 2 amide bonds. The molecule has 1 N–H and O–H groups in total. The molecule has 0 spiro atoms. The van der Waals surface area contributed by atoms with Crippen LogP contribution in [0.25, 0.3) is 0 Å². The van der Waals surface area contributed by atoms with Crippen LogP contribution in [-0.4, -0.2) is 24.4 Å². The molecule has 4 nitrogen and oxygen atoms in total. The van der Waals surface area contributed by atoms with E-state index in [0.29, 0.717) is 0 Å². The monoisotopic (exact) mass is 408 g/mol. The normalized spacial score (nSPS) is 20.4. The van der Waals surface area contributed by atoms with E-state index in [0.717, 1.165) is 13.7 Å². The van der Waals surface area contributed by atoms with Crippen LogP contribution in [0.3, 0.4) is 0 Å². The van der Waals surface area contributed by atoms with Crippen LogP contribution in [0.2, 0.25) is 0 Å². The average molecular weight is 409 g/mol. The highest BCUT2D eigenvalue weighted by atomic mass is 127. The average Bonchev–Trinajstić information content (AvgIpc) is 2.29. The lowest BCUT2D eigenvalue weighted by Crippen LogP contribution is -2.57. The Kier molecular flexibility index (Phi) is 3.72. The number of rotatable bonds is 1. The summed E-state index contributed by atoms with van der Waals surface area (Å²) < 4.78 is 1.83. The Morgan fingerprint density at radius 1 is 1.47 bits per heavy atom. The SMILES string of the molecule is CC1C(=O)NCC(=O)N1c1cc(I)ccc1Br. The number of amides is 2. The number of piperazine rings is 1. The fourth-order valence-corrected chi connectivity index (χ4v) is 2.65. The standard InChI is InChI=1S/C11H10BrIN2O2/c1-6-11(17)14-5-10(16)15(6)9-4-7(13)2-3-8(9)12/h2-4,6H,5H2,1H3,(H,14,17). The molecular weight excluding hydrogens is 399 g/mol. The molecule has 1 atom stereocenters. The number of nitrogens with one attached hydrogen (secondary N) is 1. The maximum atomic E-state index is 11.9. The minimum absolute atomic E-state index is 0.0566. The second-order valence-corrected chi connectivity index (χ2v) is 5.85. The molecule has 0 radical (unpaired) electrons. The van der Waals surface area contributed by atoms with E-state index in [1.54, 1.807) is 6.92 Å². The number of benzene rings is 1. The van der Waals surface area contributed by atoms with Gasteiger partial charge in [-0.25, -0.2) is 0 Å². The predicted octanol–water partition coefficient (Wildman–Crippen LogP) is 1.91. The van der Waals surface area contributed by atoms with Gasteiger partial charge in [0, 0.05) is 8.04 Å². The van der Waals surface area contributed by atoms with Gasteiger partial charge in [0.25, 0.3) is 0 Å². The number of nitrogens with zero attached hydrogens (tertiary/aromatic N) is 1. The topological polar surface area (TPSA) is 49.4 Å². The molecule has 1 aromatic carbocycles. The van der Waals surface area contributed by atoms with E-state index in [-0.39, 0.29) is 18.4 Å². The molecule has 1 heterocycles. The van der Waals surface area contributed by atoms with E-state index in [1.807, 2.05) is 18.2 Å². The lowest BCUT2D eigenvalue weighted by molar-refractivity contribution is -0.130. The molecule has 1 aliphatic heterocycles. The molecule has 0 saturated carbocycles. The lowest BCUT2D eigenvalue weighted by Gasteiger charge is -2.33. The smallest absolute Gasteiger partial charge is 0.247 e. The summed E-state index contributed by atoms with van der Waals surface area (Å²) in [7, 11) is 0. The van der Waals surface area contributed by atoms with Gasteiger partial charge >= 0.3 is 0 Å². The molecule has 17 heavy (non-hydrogen) atoms. The highest BCUT2D eigenvalue weighted by molar-refractivity contribution is 14.1. The summed E-state index contributed by atoms with van der Waals surface area (Å²) in [6, 6.07) is 5.22. The molecule has 6 heteroatoms. The van der Waals surface area contributed by atoms with E-state index >= 15 is 0 Å². The molecule has 0 bridgehead atoms. The molecule has 1 unspecified atom stereocenters. The molecule has 1 aromatic rings. The van der Waals surface area contributed by atoms with Gasteiger partial charge in [-0.2, -0.15) is 0 Å². The Morgan fingerprint density at radius 3 is 2.88 bits per heavy atom. The summed E-state index contributed by atoms with van der Waals surface area (Å²) in [5.74, 6) is -0.227. The summed E-state index contributed by atoms with van der Waals surface area (Å²) in [5, 5.41) is 2.57. The van der Waals surface area contributed by atoms with Crippen molar-refractivity contribution in [3.05, 3.63) is 26.2 Å². The Morgan fingerprint density at radius 2 is 2.18 bits per heavy atom. The van der Waals surface area contributed by atoms with Crippen LogP contribution in [0.15, 0.2) is 22.7 Å². The molecule has 1 aliphatic rings. The van der Waals surface area contributed by atoms with Gasteiger partial charge in [-0.3, -0.25) is 14.5 Å². The fraction of sp³-hybridized carbons (Fsp3) is 0.273. The molecule has 1 fully saturated rings. The third kappa shape index (κ3) is 2.47. The van der Waals surface area contributed by atoms with E-state index in [4.69, 9.17) is 0 Å². The van der Waals surface area contributed by atoms with Crippen molar-refractivity contribution in [1.82, 2.24) is 5.32 Å². The van der Waals surface area contributed by atoms with Crippen LogP contribution in [0.1, 0.15) is 6.92 Å². The Hall–Kier alpha value is -0.630. The van der Waals surface area contributed by atoms with Crippen molar-refractivity contribution in [2.24, 2.45) is 0 Å². The van der Waals surface area contributed by atoms with Gasteiger partial charge in [-0.05, 0) is 63.6 Å². The van der Waals surface area contributed by atoms with E-state index < -0.39 is 6.04 Å². The Bertz CT molecular complexity index is 492. The van der Waals surface area contributed by atoms with E-state index in [2.05, 4.69) is 43.8 Å². The van der Waals surface area contributed by atoms with Crippen LogP contribution < -0.4 is 10.2 Å². The number of carbonyl (C=O) groups is 2. The van der Waals surface area contributed by atoms with Crippen molar-refractivity contribution in [3.8, 4) is 0 Å². The molecule has 0 aromatic heterocycles. The summed E-state index contributed by atoms with van der Waals surface area (Å²) in [6.07, 6.45) is 0. The third-order valence-electron chi connectivity index (χ3n) is 2.62. The zero-order valence-corrected chi connectivity index (χ0v) is 12.8. The quantitative estimate of drug-likeness (QED) is 0.721. The maximum absolute atomic E-state index is 11.9. The van der Waals surface area contributed by atoms with Crippen LogP contribution in [0.4, 0.5) is 5.69 Å². The van der Waals surface area contributed by atoms with Gasteiger partial charge in [0.05, 0.1) is 12.2 Å². The van der Waals surface area contributed by atoms with Gasteiger partial charge in [0.1, 0.15) is 6.04 Å². The highest BCUT2D eigenvalue weighted by Gasteiger charge is 2.33. The minimum atomic E-state index is -0.481. The minimum Gasteiger partial charge on any atom is -0.345 e. The third-order valence-corrected chi connectivity index (χ3v) is 3.96. The van der Waals surface area contributed by atoms with Crippen molar-refractivity contribution < 1.29 is 9.59 Å². The van der Waals surface area contributed by atoms with Crippen LogP contribution in [0.5, 0.6) is 0 Å². The van der Waals surface area contributed by atoms with Gasteiger partial charge in [-0.15, -0.1) is 0 Å². The molecule has 0 aliphatic carbocycles. The number of hydrogen-bond donors (Lipinski definition) is 1. The lowest BCUT2D eigenvalue weighted by atomic mass is 10.1. The summed E-state index contributed by atoms with van der Waals surface area (Å²) in [4.78, 5) is 25.0. The Labute approximate surface area is 121 Å². The first-order valence-corrected chi connectivity index (χ1v) is 6.92. The number of carbonyl (C=O) groups excluding carboxylic acids is 2. The first-order valence-electron chi connectivity index (χ1n) is 5.05. The first kappa shape index (κ1) is 12.8. The second kappa shape index (κ2) is 4.93. The molecule has 2 rings (SSSR count). The van der Waals surface area contributed by atoms with Crippen LogP contribution >= 0.6 is 38.5 Å². The summed E-state index contributed by atoms with van der Waals surface area (Å²) in [5.41, 5.74) is 0.740. The van der Waals surface area contributed by atoms with Crippen LogP contribution in [-0.2, 0) is 9.59 Å². The zero-order valence-electron chi connectivity index (χ0n) is 9.04. The summed E-state index contributed by atoms with van der Waals surface area (Å²) >= 11 is 5.59. The largest absolute Gasteiger partial charge is 0.345 e.